The number of nitrogens with one attached hydrogen (secondary N) is 3. The predicted octanol–water partition coefficient (Wildman–Crippen LogP) is 2.88. The molecular formula is C22H38IN5O. The van der Waals surface area contributed by atoms with E-state index in [1.54, 1.807) is 7.05 Å². The summed E-state index contributed by atoms with van der Waals surface area (Å²) in [6.45, 7) is 8.71. The van der Waals surface area contributed by atoms with Crippen molar-refractivity contribution in [2.24, 2.45) is 10.9 Å². The Morgan fingerprint density at radius 1 is 1.21 bits per heavy atom. The summed E-state index contributed by atoms with van der Waals surface area (Å²) in [5, 5.41) is 9.58. The second kappa shape index (κ2) is 13.8. The number of aliphatic imine (C=N–C) groups is 1. The van der Waals surface area contributed by atoms with Gasteiger partial charge in [-0.1, -0.05) is 26.0 Å². The summed E-state index contributed by atoms with van der Waals surface area (Å²) >= 11 is 0. The van der Waals surface area contributed by atoms with Gasteiger partial charge in [0.05, 0.1) is 0 Å². The number of halogens is 1. The van der Waals surface area contributed by atoms with Crippen molar-refractivity contribution in [3.8, 4) is 0 Å². The van der Waals surface area contributed by atoms with Crippen LogP contribution in [0.1, 0.15) is 49.0 Å². The fourth-order valence-electron chi connectivity index (χ4n) is 3.79. The number of guanidine groups is 1. The molecule has 1 heterocycles. The summed E-state index contributed by atoms with van der Waals surface area (Å²) in [5.74, 6) is 1.48. The lowest BCUT2D eigenvalue weighted by atomic mass is 10.0. The number of hydrogen-bond donors (Lipinski definition) is 3. The first kappa shape index (κ1) is 25.7. The molecule has 164 valence electrons. The van der Waals surface area contributed by atoms with Gasteiger partial charge in [-0.3, -0.25) is 14.7 Å². The lowest BCUT2D eigenvalue weighted by Crippen LogP contribution is -2.47. The minimum Gasteiger partial charge on any atom is -0.356 e. The molecule has 1 unspecified atom stereocenters. The monoisotopic (exact) mass is 515 g/mol. The maximum Gasteiger partial charge on any atom is 0.251 e. The van der Waals surface area contributed by atoms with E-state index in [1.807, 2.05) is 25.2 Å². The van der Waals surface area contributed by atoms with E-state index in [1.165, 1.54) is 32.4 Å². The molecule has 1 aliphatic heterocycles. The fourth-order valence-corrected chi connectivity index (χ4v) is 3.79. The molecule has 6 nitrogen and oxygen atoms in total. The first-order valence-electron chi connectivity index (χ1n) is 10.5. The van der Waals surface area contributed by atoms with Crippen LogP contribution in [0, 0.1) is 5.92 Å². The molecule has 29 heavy (non-hydrogen) atoms. The third-order valence-corrected chi connectivity index (χ3v) is 5.25. The molecule has 1 aromatic rings. The molecule has 0 saturated carbocycles. The fraction of sp³-hybridized carbons (Fsp3) is 0.636. The Morgan fingerprint density at radius 2 is 1.93 bits per heavy atom. The minimum absolute atomic E-state index is 0. The van der Waals surface area contributed by atoms with Gasteiger partial charge < -0.3 is 16.0 Å². The molecular weight excluding hydrogens is 477 g/mol. The third-order valence-electron chi connectivity index (χ3n) is 5.25. The molecule has 1 fully saturated rings. The number of benzene rings is 1. The zero-order valence-corrected chi connectivity index (χ0v) is 20.7. The molecule has 3 N–H and O–H groups in total. The molecule has 1 atom stereocenters. The number of nitrogens with zero attached hydrogens (tertiary/aromatic N) is 2. The lowest BCUT2D eigenvalue weighted by molar-refractivity contribution is 0.0963. The van der Waals surface area contributed by atoms with Crippen molar-refractivity contribution in [2.75, 3.05) is 40.3 Å². The van der Waals surface area contributed by atoms with Crippen molar-refractivity contribution >= 4 is 35.8 Å². The number of amides is 1. The summed E-state index contributed by atoms with van der Waals surface area (Å²) < 4.78 is 0. The number of likely N-dealkylation sites (tertiary alicyclic amines) is 1. The van der Waals surface area contributed by atoms with Crippen molar-refractivity contribution in [1.82, 2.24) is 20.9 Å². The van der Waals surface area contributed by atoms with Crippen molar-refractivity contribution in [3.05, 3.63) is 35.4 Å². The van der Waals surface area contributed by atoms with Crippen LogP contribution in [0.3, 0.4) is 0 Å². The molecule has 0 aromatic heterocycles. The Morgan fingerprint density at radius 3 is 2.55 bits per heavy atom. The standard InChI is InChI=1S/C22H37N5O.HI/c1-17(2)14-20(27-12-5-6-13-27)16-26-22(24-4)25-11-10-18-8-7-9-19(15-18)21(28)23-3;/h7-9,15,17,20H,5-6,10-14,16H2,1-4H3,(H,23,28)(H2,24,25,26);1H. The SMILES string of the molecule is CN=C(NCCc1cccc(C(=O)NC)c1)NCC(CC(C)C)N1CCCC1.I. The van der Waals surface area contributed by atoms with E-state index < -0.39 is 0 Å². The zero-order valence-electron chi connectivity index (χ0n) is 18.3. The van der Waals surface area contributed by atoms with E-state index in [4.69, 9.17) is 0 Å². The zero-order chi connectivity index (χ0) is 20.4. The number of rotatable bonds is 9. The Bertz CT molecular complexity index is 644. The van der Waals surface area contributed by atoms with Gasteiger partial charge in [-0.25, -0.2) is 0 Å². The molecule has 2 rings (SSSR count). The van der Waals surface area contributed by atoms with Crippen LogP contribution in [0.2, 0.25) is 0 Å². The van der Waals surface area contributed by atoms with Gasteiger partial charge in [-0.15, -0.1) is 24.0 Å². The number of carbonyl (C=O) groups excluding carboxylic acids is 1. The highest BCUT2D eigenvalue weighted by molar-refractivity contribution is 14.0. The summed E-state index contributed by atoms with van der Waals surface area (Å²) in [7, 11) is 3.47. The van der Waals surface area contributed by atoms with Gasteiger partial charge in [0, 0.05) is 38.8 Å². The molecule has 1 aromatic carbocycles. The Balaban J connectivity index is 0.00000420. The third kappa shape index (κ3) is 8.90. The molecule has 7 heteroatoms. The van der Waals surface area contributed by atoms with Crippen LogP contribution in [-0.4, -0.2) is 63.1 Å². The highest BCUT2D eigenvalue weighted by Gasteiger charge is 2.22. The molecule has 1 amide bonds. The highest BCUT2D eigenvalue weighted by Crippen LogP contribution is 2.17. The van der Waals surface area contributed by atoms with Gasteiger partial charge in [0.1, 0.15) is 0 Å². The molecule has 0 radical (unpaired) electrons. The Labute approximate surface area is 193 Å². The first-order chi connectivity index (χ1) is 13.5. The van der Waals surface area contributed by atoms with Gasteiger partial charge in [0.25, 0.3) is 5.91 Å². The maximum atomic E-state index is 11.8. The van der Waals surface area contributed by atoms with Crippen molar-refractivity contribution in [1.29, 1.82) is 0 Å². The van der Waals surface area contributed by atoms with Gasteiger partial charge >= 0.3 is 0 Å². The first-order valence-corrected chi connectivity index (χ1v) is 10.5. The van der Waals surface area contributed by atoms with Crippen LogP contribution >= 0.6 is 24.0 Å². The average Bonchev–Trinajstić information content (AvgIpc) is 3.23. The summed E-state index contributed by atoms with van der Waals surface area (Å²) in [4.78, 5) is 18.8. The van der Waals surface area contributed by atoms with Crippen molar-refractivity contribution in [2.45, 2.75) is 45.6 Å². The van der Waals surface area contributed by atoms with E-state index in [0.29, 0.717) is 17.5 Å². The molecule has 1 aliphatic rings. The summed E-state index contributed by atoms with van der Waals surface area (Å²) in [5.41, 5.74) is 1.84. The van der Waals surface area contributed by atoms with Crippen LogP contribution in [-0.2, 0) is 6.42 Å². The second-order valence-electron chi connectivity index (χ2n) is 7.94. The van der Waals surface area contributed by atoms with Crippen LogP contribution in [0.5, 0.6) is 0 Å². The van der Waals surface area contributed by atoms with Crippen molar-refractivity contribution in [3.63, 3.8) is 0 Å². The van der Waals surface area contributed by atoms with Crippen LogP contribution in [0.25, 0.3) is 0 Å². The van der Waals surface area contributed by atoms with E-state index in [-0.39, 0.29) is 29.9 Å². The topological polar surface area (TPSA) is 68.8 Å². The molecule has 0 bridgehead atoms. The van der Waals surface area contributed by atoms with Crippen LogP contribution in [0.15, 0.2) is 29.3 Å². The minimum atomic E-state index is -0.0506. The van der Waals surface area contributed by atoms with Gasteiger partial charge in [-0.05, 0) is 62.4 Å². The largest absolute Gasteiger partial charge is 0.356 e. The normalized spacial score (nSPS) is 15.7. The molecule has 0 aliphatic carbocycles. The van der Waals surface area contributed by atoms with E-state index in [0.717, 1.165) is 31.0 Å². The summed E-state index contributed by atoms with van der Waals surface area (Å²) in [6.07, 6.45) is 4.68. The Hall–Kier alpha value is -1.35. The predicted molar refractivity (Wildman–Crippen MR) is 132 cm³/mol. The van der Waals surface area contributed by atoms with E-state index in [9.17, 15) is 4.79 Å². The summed E-state index contributed by atoms with van der Waals surface area (Å²) in [6, 6.07) is 8.33. The molecule has 1 saturated heterocycles. The second-order valence-corrected chi connectivity index (χ2v) is 7.94. The number of carbonyl (C=O) groups is 1. The van der Waals surface area contributed by atoms with Crippen molar-refractivity contribution < 1.29 is 4.79 Å². The van der Waals surface area contributed by atoms with Gasteiger partial charge in [-0.2, -0.15) is 0 Å². The quantitative estimate of drug-likeness (QED) is 0.269. The maximum absolute atomic E-state index is 11.8. The van der Waals surface area contributed by atoms with Crippen LogP contribution < -0.4 is 16.0 Å². The van der Waals surface area contributed by atoms with Gasteiger partial charge in [0.15, 0.2) is 5.96 Å². The number of hydrogen-bond acceptors (Lipinski definition) is 3. The Kier molecular flexibility index (Phi) is 12.2. The lowest BCUT2D eigenvalue weighted by Gasteiger charge is -2.29. The van der Waals surface area contributed by atoms with E-state index >= 15 is 0 Å². The van der Waals surface area contributed by atoms with Gasteiger partial charge in [0.2, 0.25) is 0 Å². The smallest absolute Gasteiger partial charge is 0.251 e. The highest BCUT2D eigenvalue weighted by atomic mass is 127. The van der Waals surface area contributed by atoms with Crippen LogP contribution in [0.4, 0.5) is 0 Å². The van der Waals surface area contributed by atoms with E-state index in [2.05, 4.69) is 45.8 Å². The molecule has 0 spiro atoms. The average molecular weight is 515 g/mol.